The van der Waals surface area contributed by atoms with Gasteiger partial charge in [0, 0.05) is 18.0 Å². The number of hydrogen-bond donors (Lipinski definition) is 3. The van der Waals surface area contributed by atoms with E-state index < -0.39 is 11.5 Å². The van der Waals surface area contributed by atoms with Crippen LogP contribution < -0.4 is 5.32 Å². The van der Waals surface area contributed by atoms with Crippen molar-refractivity contribution >= 4 is 5.97 Å². The van der Waals surface area contributed by atoms with Crippen LogP contribution in [0.2, 0.25) is 0 Å². The molecule has 0 aromatic heterocycles. The fourth-order valence-electron chi connectivity index (χ4n) is 6.08. The summed E-state index contributed by atoms with van der Waals surface area (Å²) >= 11 is 0. The van der Waals surface area contributed by atoms with Crippen LogP contribution in [0.4, 0.5) is 0 Å². The zero-order valence-electron chi connectivity index (χ0n) is 17.2. The third-order valence-corrected chi connectivity index (χ3v) is 7.80. The predicted octanol–water partition coefficient (Wildman–Crippen LogP) is 2.75. The summed E-state index contributed by atoms with van der Waals surface area (Å²) in [5.74, 6) is 0.180. The molecule has 0 spiro atoms. The van der Waals surface area contributed by atoms with Crippen molar-refractivity contribution in [3.63, 3.8) is 0 Å². The Morgan fingerprint density at radius 2 is 2.18 bits per heavy atom. The van der Waals surface area contributed by atoms with E-state index in [4.69, 9.17) is 4.74 Å². The first-order valence-electron chi connectivity index (χ1n) is 10.5. The van der Waals surface area contributed by atoms with E-state index in [9.17, 15) is 15.0 Å². The molecular formula is C23H35NO4. The van der Waals surface area contributed by atoms with Gasteiger partial charge < -0.3 is 20.3 Å². The van der Waals surface area contributed by atoms with E-state index in [2.05, 4.69) is 25.4 Å². The molecule has 28 heavy (non-hydrogen) atoms. The zero-order valence-corrected chi connectivity index (χ0v) is 17.2. The number of allylic oxidation sites excluding steroid dienone is 1. The standard InChI is InChI=1S/C23H35NO4/c1-5-11-24-18(16-9-12-28-21(16)27)13-17-15(2)6-7-19-22(17,3)10-8-20(26)23(19,4)14-25/h5,9,17-20,24-26H,1-2,6-8,10-14H2,3-4H3/t17-,18?,19?,20-,22+,23+/m1/s1. The number of rotatable bonds is 7. The van der Waals surface area contributed by atoms with Crippen LogP contribution in [0.3, 0.4) is 0 Å². The van der Waals surface area contributed by atoms with Crippen LogP contribution in [0.25, 0.3) is 0 Å². The molecule has 5 heteroatoms. The maximum Gasteiger partial charge on any atom is 0.335 e. The first-order chi connectivity index (χ1) is 13.3. The largest absolute Gasteiger partial charge is 0.458 e. The predicted molar refractivity (Wildman–Crippen MR) is 110 cm³/mol. The van der Waals surface area contributed by atoms with Crippen LogP contribution in [-0.2, 0) is 9.53 Å². The second kappa shape index (κ2) is 8.13. The molecule has 2 aliphatic carbocycles. The van der Waals surface area contributed by atoms with Crippen LogP contribution >= 0.6 is 0 Å². The lowest BCUT2D eigenvalue weighted by Gasteiger charge is -2.60. The Labute approximate surface area is 168 Å². The van der Waals surface area contributed by atoms with Gasteiger partial charge in [0.15, 0.2) is 0 Å². The van der Waals surface area contributed by atoms with Crippen molar-refractivity contribution < 1.29 is 19.7 Å². The number of fused-ring (bicyclic) bond motifs is 1. The lowest BCUT2D eigenvalue weighted by molar-refractivity contribution is -0.152. The van der Waals surface area contributed by atoms with Gasteiger partial charge >= 0.3 is 5.97 Å². The van der Waals surface area contributed by atoms with E-state index in [-0.39, 0.29) is 35.9 Å². The van der Waals surface area contributed by atoms with Gasteiger partial charge in [0.2, 0.25) is 0 Å². The molecule has 2 saturated carbocycles. The molecule has 0 aromatic carbocycles. The molecule has 0 amide bonds. The fourth-order valence-corrected chi connectivity index (χ4v) is 6.08. The number of hydrogen-bond acceptors (Lipinski definition) is 5. The Morgan fingerprint density at radius 3 is 2.79 bits per heavy atom. The smallest absolute Gasteiger partial charge is 0.335 e. The maximum atomic E-state index is 12.2. The Balaban J connectivity index is 1.91. The van der Waals surface area contributed by atoms with Crippen molar-refractivity contribution in [2.45, 2.75) is 58.1 Å². The lowest BCUT2D eigenvalue weighted by Crippen LogP contribution is -2.58. The monoisotopic (exact) mass is 389 g/mol. The molecular weight excluding hydrogens is 354 g/mol. The van der Waals surface area contributed by atoms with Crippen molar-refractivity contribution in [1.29, 1.82) is 0 Å². The minimum Gasteiger partial charge on any atom is -0.458 e. The number of esters is 1. The van der Waals surface area contributed by atoms with E-state index in [1.54, 1.807) is 6.08 Å². The summed E-state index contributed by atoms with van der Waals surface area (Å²) in [5, 5.41) is 24.3. The van der Waals surface area contributed by atoms with Crippen LogP contribution in [0.5, 0.6) is 0 Å². The summed E-state index contributed by atoms with van der Waals surface area (Å²) in [4.78, 5) is 12.2. The zero-order chi connectivity index (χ0) is 20.5. The van der Waals surface area contributed by atoms with Gasteiger partial charge in [-0.25, -0.2) is 4.79 Å². The molecule has 0 aromatic rings. The van der Waals surface area contributed by atoms with E-state index in [1.165, 1.54) is 5.57 Å². The Bertz CT molecular complexity index is 672. The summed E-state index contributed by atoms with van der Waals surface area (Å²) in [6.07, 6.45) is 7.37. The summed E-state index contributed by atoms with van der Waals surface area (Å²) < 4.78 is 5.15. The highest BCUT2D eigenvalue weighted by Gasteiger charge is 2.57. The van der Waals surface area contributed by atoms with Gasteiger partial charge in [-0.15, -0.1) is 6.58 Å². The highest BCUT2D eigenvalue weighted by molar-refractivity contribution is 5.91. The molecule has 0 saturated heterocycles. The third-order valence-electron chi connectivity index (χ3n) is 7.80. The molecule has 1 heterocycles. The minimum absolute atomic E-state index is 0.0107. The average molecular weight is 390 g/mol. The molecule has 1 aliphatic heterocycles. The normalized spacial score (nSPS) is 39.1. The van der Waals surface area contributed by atoms with Gasteiger partial charge in [0.1, 0.15) is 6.61 Å². The van der Waals surface area contributed by atoms with Gasteiger partial charge in [-0.05, 0) is 55.4 Å². The van der Waals surface area contributed by atoms with Crippen molar-refractivity contribution in [2.75, 3.05) is 19.8 Å². The number of carbonyl (C=O) groups is 1. The van der Waals surface area contributed by atoms with Gasteiger partial charge in [0.05, 0.1) is 18.3 Å². The lowest BCUT2D eigenvalue weighted by atomic mass is 9.46. The molecule has 2 fully saturated rings. The molecule has 5 nitrogen and oxygen atoms in total. The van der Waals surface area contributed by atoms with Gasteiger partial charge in [-0.3, -0.25) is 0 Å². The Kier molecular flexibility index (Phi) is 6.18. The second-order valence-corrected chi connectivity index (χ2v) is 9.27. The van der Waals surface area contributed by atoms with Crippen molar-refractivity contribution in [3.05, 3.63) is 36.5 Å². The SMILES string of the molecule is C=CCNC(C[C@@H]1C(=C)CCC2[C@](C)(CO)[C@H](O)CC[C@]21C)C1=CCOC1=O. The molecule has 0 bridgehead atoms. The molecule has 156 valence electrons. The van der Waals surface area contributed by atoms with Crippen LogP contribution in [0.1, 0.15) is 46.0 Å². The third kappa shape index (κ3) is 3.49. The van der Waals surface area contributed by atoms with Crippen molar-refractivity contribution in [1.82, 2.24) is 5.32 Å². The second-order valence-electron chi connectivity index (χ2n) is 9.27. The summed E-state index contributed by atoms with van der Waals surface area (Å²) in [7, 11) is 0. The minimum atomic E-state index is -0.498. The molecule has 3 N–H and O–H groups in total. The number of aliphatic hydroxyl groups excluding tert-OH is 2. The van der Waals surface area contributed by atoms with Crippen LogP contribution in [0.15, 0.2) is 36.5 Å². The maximum absolute atomic E-state index is 12.2. The first kappa shape index (κ1) is 21.3. The van der Waals surface area contributed by atoms with E-state index in [0.29, 0.717) is 25.1 Å². The van der Waals surface area contributed by atoms with Gasteiger partial charge in [0.25, 0.3) is 0 Å². The van der Waals surface area contributed by atoms with Gasteiger partial charge in [-0.1, -0.05) is 32.1 Å². The number of nitrogens with one attached hydrogen (secondary N) is 1. The van der Waals surface area contributed by atoms with Crippen LogP contribution in [-0.4, -0.2) is 48.1 Å². The highest BCUT2D eigenvalue weighted by atomic mass is 16.5. The van der Waals surface area contributed by atoms with Gasteiger partial charge in [-0.2, -0.15) is 0 Å². The molecule has 3 rings (SSSR count). The molecule has 2 unspecified atom stereocenters. The van der Waals surface area contributed by atoms with Crippen molar-refractivity contribution in [3.8, 4) is 0 Å². The molecule has 3 aliphatic rings. The topological polar surface area (TPSA) is 78.8 Å². The Morgan fingerprint density at radius 1 is 1.43 bits per heavy atom. The first-order valence-corrected chi connectivity index (χ1v) is 10.5. The molecule has 0 radical (unpaired) electrons. The highest BCUT2D eigenvalue weighted by Crippen LogP contribution is 2.61. The van der Waals surface area contributed by atoms with Crippen molar-refractivity contribution in [2.24, 2.45) is 22.7 Å². The number of cyclic esters (lactones) is 1. The number of carbonyl (C=O) groups excluding carboxylic acids is 1. The van der Waals surface area contributed by atoms with E-state index in [0.717, 1.165) is 25.7 Å². The summed E-state index contributed by atoms with van der Waals surface area (Å²) in [5.41, 5.74) is 1.35. The Hall–Kier alpha value is -1.43. The molecule has 6 atom stereocenters. The van der Waals surface area contributed by atoms with E-state index in [1.807, 2.05) is 13.0 Å². The summed E-state index contributed by atoms with van der Waals surface area (Å²) in [6, 6.07) is -0.113. The number of ether oxygens (including phenoxy) is 1. The summed E-state index contributed by atoms with van der Waals surface area (Å²) in [6.45, 7) is 13.4. The fraction of sp³-hybridized carbons (Fsp3) is 0.696. The van der Waals surface area contributed by atoms with Crippen LogP contribution in [0, 0.1) is 22.7 Å². The quantitative estimate of drug-likeness (QED) is 0.461. The average Bonchev–Trinajstić information content (AvgIpc) is 3.10. The van der Waals surface area contributed by atoms with E-state index >= 15 is 0 Å². The number of aliphatic hydroxyl groups is 2.